The van der Waals surface area contributed by atoms with E-state index in [2.05, 4.69) is 93.4 Å². The van der Waals surface area contributed by atoms with E-state index in [4.69, 9.17) is 0 Å². The summed E-state index contributed by atoms with van der Waals surface area (Å²) >= 11 is 7.45. The van der Waals surface area contributed by atoms with Gasteiger partial charge in [-0.1, -0.05) is 93.4 Å². The van der Waals surface area contributed by atoms with E-state index in [0.29, 0.717) is 0 Å². The number of rotatable bonds is 6. The first-order chi connectivity index (χ1) is 9.74. The van der Waals surface area contributed by atoms with Gasteiger partial charge in [0.05, 0.1) is 0 Å². The molecule has 0 aliphatic carbocycles. The zero-order valence-electron chi connectivity index (χ0n) is 11.8. The van der Waals surface area contributed by atoms with E-state index in [9.17, 15) is 0 Å². The van der Waals surface area contributed by atoms with E-state index < -0.39 is 0 Å². The minimum atomic E-state index is 0.106. The molecule has 0 aliphatic rings. The molecule has 0 radical (unpaired) electrons. The molecule has 0 aliphatic heterocycles. The fraction of sp³-hybridized carbons (Fsp3) is 0.333. The molecule has 0 fully saturated rings. The summed E-state index contributed by atoms with van der Waals surface area (Å²) in [6.45, 7) is 2.19. The lowest BCUT2D eigenvalue weighted by molar-refractivity contribution is 0.551. The lowest BCUT2D eigenvalue weighted by Crippen LogP contribution is -2.32. The first-order valence-electron chi connectivity index (χ1n) is 6.99. The van der Waals surface area contributed by atoms with Gasteiger partial charge in [0.1, 0.15) is 0 Å². The van der Waals surface area contributed by atoms with Gasteiger partial charge in [-0.3, -0.25) is 0 Å². The highest BCUT2D eigenvalue weighted by molar-refractivity contribution is 9.09. The summed E-state index contributed by atoms with van der Waals surface area (Å²) in [5.41, 5.74) is 4.28. The fourth-order valence-corrected chi connectivity index (χ4v) is 4.43. The maximum absolute atomic E-state index is 3.73. The molecule has 0 nitrogen and oxygen atoms in total. The molecule has 2 aromatic carbocycles. The van der Waals surface area contributed by atoms with Crippen molar-refractivity contribution in [1.82, 2.24) is 0 Å². The zero-order valence-corrected chi connectivity index (χ0v) is 15.0. The monoisotopic (exact) mass is 394 g/mol. The average Bonchev–Trinajstić information content (AvgIpc) is 2.54. The van der Waals surface area contributed by atoms with Gasteiger partial charge in [0.15, 0.2) is 0 Å². The Kier molecular flexibility index (Phi) is 5.86. The predicted molar refractivity (Wildman–Crippen MR) is 95.2 cm³/mol. The maximum atomic E-state index is 3.73. The predicted octanol–water partition coefficient (Wildman–Crippen LogP) is 5.52. The number of hydrogen-bond donors (Lipinski definition) is 0. The van der Waals surface area contributed by atoms with E-state index in [1.54, 1.807) is 0 Å². The van der Waals surface area contributed by atoms with Gasteiger partial charge in [0, 0.05) is 16.1 Å². The number of benzene rings is 2. The third-order valence-electron chi connectivity index (χ3n) is 3.87. The second kappa shape index (κ2) is 7.42. The van der Waals surface area contributed by atoms with Gasteiger partial charge in [-0.2, -0.15) is 0 Å². The van der Waals surface area contributed by atoms with Gasteiger partial charge in [-0.15, -0.1) is 0 Å². The summed E-state index contributed by atoms with van der Waals surface area (Å²) in [6.07, 6.45) is 2.14. The summed E-state index contributed by atoms with van der Waals surface area (Å²) in [7, 11) is 0. The Balaban J connectivity index is 2.29. The summed E-state index contributed by atoms with van der Waals surface area (Å²) in [5.74, 6) is 0. The van der Waals surface area contributed by atoms with Gasteiger partial charge in [0.25, 0.3) is 0 Å². The Bertz CT molecular complexity index is 513. The highest BCUT2D eigenvalue weighted by Crippen LogP contribution is 2.32. The van der Waals surface area contributed by atoms with Crippen LogP contribution in [0.4, 0.5) is 0 Å². The summed E-state index contributed by atoms with van der Waals surface area (Å²) in [6, 6.07) is 19.8. The lowest BCUT2D eigenvalue weighted by Gasteiger charge is -2.31. The second-order valence-corrected chi connectivity index (χ2v) is 6.38. The third kappa shape index (κ3) is 3.53. The topological polar surface area (TPSA) is 0 Å². The van der Waals surface area contributed by atoms with Crippen LogP contribution >= 0.6 is 31.9 Å². The van der Waals surface area contributed by atoms with Crippen molar-refractivity contribution in [2.45, 2.75) is 25.2 Å². The molecule has 0 atom stereocenters. The molecule has 0 bridgehead atoms. The summed E-state index contributed by atoms with van der Waals surface area (Å²) in [5, 5.41) is 1.90. The van der Waals surface area contributed by atoms with Crippen LogP contribution in [0.5, 0.6) is 0 Å². The Morgan fingerprint density at radius 2 is 1.35 bits per heavy atom. The van der Waals surface area contributed by atoms with Crippen LogP contribution in [-0.2, 0) is 18.3 Å². The molecule has 0 aromatic heterocycles. The number of alkyl halides is 2. The van der Waals surface area contributed by atoms with Crippen molar-refractivity contribution in [2.75, 3.05) is 10.7 Å². The normalized spacial score (nSPS) is 11.6. The van der Waals surface area contributed by atoms with Crippen LogP contribution in [0.3, 0.4) is 0 Å². The van der Waals surface area contributed by atoms with E-state index in [0.717, 1.165) is 23.5 Å². The van der Waals surface area contributed by atoms with E-state index in [-0.39, 0.29) is 5.41 Å². The SMILES string of the molecule is CCc1ccc(CC(CBr)(CBr)c2ccccc2)cc1. The van der Waals surface area contributed by atoms with Crippen LogP contribution in [0, 0.1) is 0 Å². The number of hydrogen-bond acceptors (Lipinski definition) is 0. The Labute approximate surface area is 138 Å². The number of aryl methyl sites for hydroxylation is 1. The minimum absolute atomic E-state index is 0.106. The van der Waals surface area contributed by atoms with Crippen molar-refractivity contribution in [3.05, 3.63) is 71.3 Å². The minimum Gasteiger partial charge on any atom is -0.0918 e. The Hall–Kier alpha value is -0.600. The molecule has 2 aromatic rings. The first-order valence-corrected chi connectivity index (χ1v) is 9.23. The molecule has 0 amide bonds. The average molecular weight is 396 g/mol. The van der Waals surface area contributed by atoms with Crippen molar-refractivity contribution < 1.29 is 0 Å². The smallest absolute Gasteiger partial charge is 0.0187 e. The molecule has 0 heterocycles. The van der Waals surface area contributed by atoms with Crippen LogP contribution in [0.1, 0.15) is 23.6 Å². The van der Waals surface area contributed by atoms with Crippen LogP contribution in [0.15, 0.2) is 54.6 Å². The molecule has 0 spiro atoms. The van der Waals surface area contributed by atoms with Crippen molar-refractivity contribution >= 4 is 31.9 Å². The zero-order chi connectivity index (χ0) is 14.4. The molecular formula is C18H20Br2. The Morgan fingerprint density at radius 1 is 0.800 bits per heavy atom. The molecule has 20 heavy (non-hydrogen) atoms. The van der Waals surface area contributed by atoms with Gasteiger partial charge in [0.2, 0.25) is 0 Å². The van der Waals surface area contributed by atoms with Crippen molar-refractivity contribution in [3.8, 4) is 0 Å². The van der Waals surface area contributed by atoms with Crippen molar-refractivity contribution in [1.29, 1.82) is 0 Å². The van der Waals surface area contributed by atoms with Crippen LogP contribution < -0.4 is 0 Å². The largest absolute Gasteiger partial charge is 0.0918 e. The van der Waals surface area contributed by atoms with Crippen LogP contribution in [-0.4, -0.2) is 10.7 Å². The fourth-order valence-electron chi connectivity index (χ4n) is 2.46. The summed E-state index contributed by atoms with van der Waals surface area (Å²) < 4.78 is 0. The van der Waals surface area contributed by atoms with Gasteiger partial charge >= 0.3 is 0 Å². The molecule has 106 valence electrons. The van der Waals surface area contributed by atoms with Gasteiger partial charge < -0.3 is 0 Å². The standard InChI is InChI=1S/C18H20Br2/c1-2-15-8-10-16(11-9-15)12-18(13-19,14-20)17-6-4-3-5-7-17/h3-11H,2,12-14H2,1H3. The number of halogens is 2. The third-order valence-corrected chi connectivity index (χ3v) is 6.02. The lowest BCUT2D eigenvalue weighted by atomic mass is 9.79. The quantitative estimate of drug-likeness (QED) is 0.565. The molecular weight excluding hydrogens is 376 g/mol. The van der Waals surface area contributed by atoms with E-state index in [1.807, 2.05) is 0 Å². The molecule has 2 heteroatoms. The molecule has 0 saturated carbocycles. The van der Waals surface area contributed by atoms with E-state index >= 15 is 0 Å². The van der Waals surface area contributed by atoms with Crippen LogP contribution in [0.25, 0.3) is 0 Å². The maximum Gasteiger partial charge on any atom is 0.0187 e. The first kappa shape index (κ1) is 15.8. The van der Waals surface area contributed by atoms with Crippen molar-refractivity contribution in [2.24, 2.45) is 0 Å². The molecule has 0 N–H and O–H groups in total. The molecule has 0 saturated heterocycles. The summed E-state index contributed by atoms with van der Waals surface area (Å²) in [4.78, 5) is 0. The molecule has 0 unspecified atom stereocenters. The Morgan fingerprint density at radius 3 is 1.85 bits per heavy atom. The second-order valence-electron chi connectivity index (χ2n) is 5.26. The van der Waals surface area contributed by atoms with Crippen LogP contribution in [0.2, 0.25) is 0 Å². The van der Waals surface area contributed by atoms with E-state index in [1.165, 1.54) is 16.7 Å². The highest BCUT2D eigenvalue weighted by atomic mass is 79.9. The highest BCUT2D eigenvalue weighted by Gasteiger charge is 2.30. The molecule has 2 rings (SSSR count). The van der Waals surface area contributed by atoms with Crippen molar-refractivity contribution in [3.63, 3.8) is 0 Å². The van der Waals surface area contributed by atoms with Gasteiger partial charge in [-0.05, 0) is 29.5 Å². The van der Waals surface area contributed by atoms with Gasteiger partial charge in [-0.25, -0.2) is 0 Å².